The molecule has 2 aromatic rings. The predicted octanol–water partition coefficient (Wildman–Crippen LogP) is 2.09. The van der Waals surface area contributed by atoms with Gasteiger partial charge < -0.3 is 5.73 Å². The number of benzene rings is 1. The lowest BCUT2D eigenvalue weighted by Crippen LogP contribution is -2.20. The Morgan fingerprint density at radius 2 is 2.00 bits per heavy atom. The van der Waals surface area contributed by atoms with Crippen molar-refractivity contribution in [3.63, 3.8) is 0 Å². The average molecular weight is 334 g/mol. The fraction of sp³-hybridized carbons (Fsp3) is 0.375. The van der Waals surface area contributed by atoms with Crippen LogP contribution in [0.15, 0.2) is 48.1 Å². The maximum atomic E-state index is 12.4. The number of nitrogens with zero attached hydrogens (tertiary/aromatic N) is 3. The van der Waals surface area contributed by atoms with Crippen LogP contribution in [0.5, 0.6) is 0 Å². The molecule has 0 aliphatic rings. The summed E-state index contributed by atoms with van der Waals surface area (Å²) in [5.74, 6) is 0.321. The number of aromatic nitrogens is 3. The van der Waals surface area contributed by atoms with Crippen molar-refractivity contribution in [2.75, 3.05) is 5.75 Å². The molecule has 1 aromatic carbocycles. The topological polar surface area (TPSA) is 90.9 Å². The zero-order valence-electron chi connectivity index (χ0n) is 13.2. The fourth-order valence-electron chi connectivity index (χ4n) is 2.39. The lowest BCUT2D eigenvalue weighted by molar-refractivity contribution is 0.538. The molecule has 0 saturated heterocycles. The molecule has 0 aliphatic heterocycles. The molecule has 1 unspecified atom stereocenters. The smallest absolute Gasteiger partial charge is 0.250 e. The number of sulfone groups is 1. The Hall–Kier alpha value is -1.99. The molecular formula is C16H22N4O2S. The maximum absolute atomic E-state index is 12.4. The predicted molar refractivity (Wildman–Crippen MR) is 89.7 cm³/mol. The van der Waals surface area contributed by atoms with E-state index in [-0.39, 0.29) is 17.0 Å². The molecule has 0 saturated carbocycles. The van der Waals surface area contributed by atoms with Gasteiger partial charge in [0.2, 0.25) is 15.0 Å². The molecular weight excluding hydrogens is 312 g/mol. The second-order valence-corrected chi connectivity index (χ2v) is 7.31. The van der Waals surface area contributed by atoms with Gasteiger partial charge in [0.05, 0.1) is 18.3 Å². The van der Waals surface area contributed by atoms with Crippen molar-refractivity contribution in [3.05, 3.63) is 54.4 Å². The van der Waals surface area contributed by atoms with E-state index in [0.717, 1.165) is 12.0 Å². The summed E-state index contributed by atoms with van der Waals surface area (Å²) in [4.78, 5) is 0. The minimum Gasteiger partial charge on any atom is -0.321 e. The molecule has 7 heteroatoms. The number of rotatable bonds is 8. The van der Waals surface area contributed by atoms with E-state index < -0.39 is 9.84 Å². The van der Waals surface area contributed by atoms with Gasteiger partial charge in [-0.05, 0) is 12.0 Å². The summed E-state index contributed by atoms with van der Waals surface area (Å²) in [6.45, 7) is 5.88. The summed E-state index contributed by atoms with van der Waals surface area (Å²) in [7, 11) is -3.57. The van der Waals surface area contributed by atoms with E-state index >= 15 is 0 Å². The van der Waals surface area contributed by atoms with Gasteiger partial charge in [0, 0.05) is 0 Å². The van der Waals surface area contributed by atoms with E-state index in [1.165, 1.54) is 6.08 Å². The van der Waals surface area contributed by atoms with Crippen molar-refractivity contribution >= 4 is 9.84 Å². The van der Waals surface area contributed by atoms with Gasteiger partial charge >= 0.3 is 0 Å². The average Bonchev–Trinajstić information content (AvgIpc) is 2.93. The van der Waals surface area contributed by atoms with Crippen LogP contribution in [-0.2, 0) is 16.4 Å². The third-order valence-corrected chi connectivity index (χ3v) is 5.01. The maximum Gasteiger partial charge on any atom is 0.250 e. The van der Waals surface area contributed by atoms with Crippen molar-refractivity contribution < 1.29 is 8.42 Å². The van der Waals surface area contributed by atoms with Gasteiger partial charge in [-0.2, -0.15) is 0 Å². The Morgan fingerprint density at radius 3 is 2.61 bits per heavy atom. The Balaban J connectivity index is 2.49. The van der Waals surface area contributed by atoms with E-state index in [4.69, 9.17) is 5.73 Å². The van der Waals surface area contributed by atoms with Gasteiger partial charge in [0.15, 0.2) is 5.82 Å². The first kappa shape index (κ1) is 17.4. The summed E-state index contributed by atoms with van der Waals surface area (Å²) in [6, 6.07) is 9.24. The molecule has 0 radical (unpaired) electrons. The van der Waals surface area contributed by atoms with E-state index in [0.29, 0.717) is 18.8 Å². The first-order valence-electron chi connectivity index (χ1n) is 7.55. The first-order valence-corrected chi connectivity index (χ1v) is 9.21. The summed E-state index contributed by atoms with van der Waals surface area (Å²) < 4.78 is 26.4. The van der Waals surface area contributed by atoms with Crippen LogP contribution in [-0.4, -0.2) is 28.9 Å². The highest BCUT2D eigenvalue weighted by atomic mass is 32.2. The van der Waals surface area contributed by atoms with E-state index in [1.807, 2.05) is 37.3 Å². The van der Waals surface area contributed by atoms with Crippen molar-refractivity contribution in [2.24, 2.45) is 5.73 Å². The molecule has 0 aliphatic carbocycles. The summed E-state index contributed by atoms with van der Waals surface area (Å²) >= 11 is 0. The molecule has 1 heterocycles. The zero-order chi connectivity index (χ0) is 16.9. The van der Waals surface area contributed by atoms with Crippen molar-refractivity contribution in [1.29, 1.82) is 0 Å². The van der Waals surface area contributed by atoms with Gasteiger partial charge in [0.1, 0.15) is 0 Å². The minimum atomic E-state index is -3.57. The van der Waals surface area contributed by atoms with Crippen LogP contribution < -0.4 is 5.73 Å². The third kappa shape index (κ3) is 4.05. The number of hydrogen-bond acceptors (Lipinski definition) is 5. The number of nitrogens with two attached hydrogens (primary N) is 1. The molecule has 2 N–H and O–H groups in total. The molecule has 0 amide bonds. The normalized spacial score (nSPS) is 13.0. The van der Waals surface area contributed by atoms with Gasteiger partial charge in [-0.3, -0.25) is 4.57 Å². The highest BCUT2D eigenvalue weighted by molar-refractivity contribution is 7.91. The minimum absolute atomic E-state index is 0.0530. The molecule has 0 bridgehead atoms. The number of hydrogen-bond donors (Lipinski definition) is 1. The van der Waals surface area contributed by atoms with Gasteiger partial charge in [-0.15, -0.1) is 16.8 Å². The second-order valence-electron chi connectivity index (χ2n) is 5.38. The summed E-state index contributed by atoms with van der Waals surface area (Å²) in [5.41, 5.74) is 7.12. The molecule has 0 spiro atoms. The largest absolute Gasteiger partial charge is 0.321 e. The SMILES string of the molecule is C=CCS(=O)(=O)c1nnc(C(N)CCC)n1Cc1ccccc1. The Labute approximate surface area is 137 Å². The lowest BCUT2D eigenvalue weighted by Gasteiger charge is -2.14. The van der Waals surface area contributed by atoms with Gasteiger partial charge in [-0.25, -0.2) is 8.42 Å². The zero-order valence-corrected chi connectivity index (χ0v) is 14.0. The first-order chi connectivity index (χ1) is 11.0. The lowest BCUT2D eigenvalue weighted by atomic mass is 10.1. The Morgan fingerprint density at radius 1 is 1.30 bits per heavy atom. The summed E-state index contributed by atoms with van der Waals surface area (Å²) in [5, 5.41) is 7.90. The van der Waals surface area contributed by atoms with Crippen molar-refractivity contribution in [2.45, 2.75) is 37.5 Å². The van der Waals surface area contributed by atoms with Crippen LogP contribution in [0.3, 0.4) is 0 Å². The van der Waals surface area contributed by atoms with Crippen LogP contribution >= 0.6 is 0 Å². The molecule has 1 atom stereocenters. The second kappa shape index (κ2) is 7.52. The molecule has 124 valence electrons. The van der Waals surface area contributed by atoms with Crippen LogP contribution in [0.4, 0.5) is 0 Å². The monoisotopic (exact) mass is 334 g/mol. The quantitative estimate of drug-likeness (QED) is 0.746. The van der Waals surface area contributed by atoms with Crippen molar-refractivity contribution in [1.82, 2.24) is 14.8 Å². The molecule has 23 heavy (non-hydrogen) atoms. The van der Waals surface area contributed by atoms with Gasteiger partial charge in [0.25, 0.3) is 0 Å². The van der Waals surface area contributed by atoms with Crippen LogP contribution in [0.25, 0.3) is 0 Å². The molecule has 2 rings (SSSR count). The fourth-order valence-corrected chi connectivity index (χ4v) is 3.51. The van der Waals surface area contributed by atoms with E-state index in [1.54, 1.807) is 4.57 Å². The van der Waals surface area contributed by atoms with Crippen molar-refractivity contribution in [3.8, 4) is 0 Å². The highest BCUT2D eigenvalue weighted by Gasteiger charge is 2.26. The summed E-state index contributed by atoms with van der Waals surface area (Å²) in [6.07, 6.45) is 2.95. The van der Waals surface area contributed by atoms with Gasteiger partial charge in [-0.1, -0.05) is 49.8 Å². The Kier molecular flexibility index (Phi) is 5.68. The van der Waals surface area contributed by atoms with E-state index in [2.05, 4.69) is 16.8 Å². The molecule has 0 fully saturated rings. The molecule has 1 aromatic heterocycles. The van der Waals surface area contributed by atoms with Crippen LogP contribution in [0.2, 0.25) is 0 Å². The van der Waals surface area contributed by atoms with E-state index in [9.17, 15) is 8.42 Å². The van der Waals surface area contributed by atoms with Crippen LogP contribution in [0, 0.1) is 0 Å². The van der Waals surface area contributed by atoms with Crippen LogP contribution in [0.1, 0.15) is 37.2 Å². The highest BCUT2D eigenvalue weighted by Crippen LogP contribution is 2.20. The standard InChI is InChI=1S/C16H22N4O2S/c1-3-8-14(17)15-18-19-16(23(21,22)11-4-2)20(15)12-13-9-6-5-7-10-13/h4-7,9-10,14H,2-3,8,11-12,17H2,1H3. The molecule has 6 nitrogen and oxygen atoms in total. The third-order valence-electron chi connectivity index (χ3n) is 3.48. The Bertz CT molecular complexity index is 754.